The van der Waals surface area contributed by atoms with Gasteiger partial charge in [-0.3, -0.25) is 4.99 Å². The van der Waals surface area contributed by atoms with Crippen LogP contribution in [-0.4, -0.2) is 23.5 Å². The zero-order chi connectivity index (χ0) is 14.7. The molecule has 0 radical (unpaired) electrons. The molecule has 0 aliphatic heterocycles. The number of hydrogen-bond donors (Lipinski definition) is 2. The van der Waals surface area contributed by atoms with Gasteiger partial charge in [-0.2, -0.15) is 0 Å². The van der Waals surface area contributed by atoms with E-state index in [0.717, 1.165) is 4.47 Å². The lowest BCUT2D eigenvalue weighted by Crippen LogP contribution is -1.89. The van der Waals surface area contributed by atoms with Gasteiger partial charge in [-0.1, -0.05) is 27.5 Å². The molecule has 0 saturated carbocycles. The standard InChI is InChI=1S/C14H11BrClNO3/c1-20-13-5-9(15)4-8(14(13)19)7-17-11-6-10(16)2-3-12(11)18/h2-7,18-19H,1H3. The first-order chi connectivity index (χ1) is 9.51. The van der Waals surface area contributed by atoms with Crippen molar-refractivity contribution < 1.29 is 14.9 Å². The van der Waals surface area contributed by atoms with Crippen LogP contribution in [0.1, 0.15) is 5.56 Å². The second-order valence-electron chi connectivity index (χ2n) is 3.94. The van der Waals surface area contributed by atoms with Crippen molar-refractivity contribution in [2.75, 3.05) is 7.11 Å². The molecule has 0 bridgehead atoms. The number of benzene rings is 2. The number of nitrogens with zero attached hydrogens (tertiary/aromatic N) is 1. The summed E-state index contributed by atoms with van der Waals surface area (Å²) in [5.41, 5.74) is 0.770. The van der Waals surface area contributed by atoms with Gasteiger partial charge in [0.25, 0.3) is 0 Å². The predicted octanol–water partition coefficient (Wildman–Crippen LogP) is 4.27. The Balaban J connectivity index is 2.41. The Morgan fingerprint density at radius 3 is 2.70 bits per heavy atom. The van der Waals surface area contributed by atoms with Crippen molar-refractivity contribution in [1.29, 1.82) is 0 Å². The molecular formula is C14H11BrClNO3. The van der Waals surface area contributed by atoms with E-state index in [1.807, 2.05) is 0 Å². The summed E-state index contributed by atoms with van der Waals surface area (Å²) in [5, 5.41) is 20.1. The number of rotatable bonds is 3. The SMILES string of the molecule is COc1cc(Br)cc(C=Nc2cc(Cl)ccc2O)c1O. The molecule has 2 rings (SSSR count). The van der Waals surface area contributed by atoms with Crippen LogP contribution in [0.5, 0.6) is 17.2 Å². The second kappa shape index (κ2) is 6.15. The summed E-state index contributed by atoms with van der Waals surface area (Å²) in [7, 11) is 1.46. The van der Waals surface area contributed by atoms with Crippen molar-refractivity contribution in [2.45, 2.75) is 0 Å². The molecule has 104 valence electrons. The first kappa shape index (κ1) is 14.7. The first-order valence-electron chi connectivity index (χ1n) is 5.60. The first-order valence-corrected chi connectivity index (χ1v) is 6.77. The minimum Gasteiger partial charge on any atom is -0.506 e. The molecule has 2 aromatic rings. The highest BCUT2D eigenvalue weighted by Gasteiger charge is 2.08. The Kier molecular flexibility index (Phi) is 4.52. The molecule has 2 N–H and O–H groups in total. The van der Waals surface area contributed by atoms with Crippen molar-refractivity contribution in [2.24, 2.45) is 4.99 Å². The predicted molar refractivity (Wildman–Crippen MR) is 82.7 cm³/mol. The van der Waals surface area contributed by atoms with E-state index in [0.29, 0.717) is 22.0 Å². The van der Waals surface area contributed by atoms with Crippen molar-refractivity contribution in [3.05, 3.63) is 45.4 Å². The molecule has 0 aliphatic rings. The van der Waals surface area contributed by atoms with Gasteiger partial charge in [0.05, 0.1) is 7.11 Å². The monoisotopic (exact) mass is 355 g/mol. The third kappa shape index (κ3) is 3.23. The molecule has 0 unspecified atom stereocenters. The molecule has 0 aliphatic carbocycles. The topological polar surface area (TPSA) is 62.0 Å². The number of ether oxygens (including phenoxy) is 1. The number of aromatic hydroxyl groups is 2. The zero-order valence-corrected chi connectivity index (χ0v) is 12.8. The summed E-state index contributed by atoms with van der Waals surface area (Å²) in [4.78, 5) is 4.12. The maximum Gasteiger partial charge on any atom is 0.166 e. The fraction of sp³-hybridized carbons (Fsp3) is 0.0714. The van der Waals surface area contributed by atoms with Crippen LogP contribution >= 0.6 is 27.5 Å². The number of phenols is 2. The molecule has 6 heteroatoms. The second-order valence-corrected chi connectivity index (χ2v) is 5.29. The van der Waals surface area contributed by atoms with Crippen LogP contribution < -0.4 is 4.74 Å². The van der Waals surface area contributed by atoms with Crippen LogP contribution in [0.25, 0.3) is 0 Å². The summed E-state index contributed by atoms with van der Waals surface area (Å²) in [6.45, 7) is 0. The van der Waals surface area contributed by atoms with Crippen LogP contribution in [0.4, 0.5) is 5.69 Å². The number of hydrogen-bond acceptors (Lipinski definition) is 4. The van der Waals surface area contributed by atoms with Crippen molar-refractivity contribution in [1.82, 2.24) is 0 Å². The maximum atomic E-state index is 9.99. The molecule has 4 nitrogen and oxygen atoms in total. The van der Waals surface area contributed by atoms with E-state index >= 15 is 0 Å². The molecule has 0 amide bonds. The average molecular weight is 357 g/mol. The number of halogens is 2. The maximum absolute atomic E-state index is 9.99. The van der Waals surface area contributed by atoms with Crippen LogP contribution in [-0.2, 0) is 0 Å². The molecule has 20 heavy (non-hydrogen) atoms. The lowest BCUT2D eigenvalue weighted by molar-refractivity contribution is 0.373. The number of methoxy groups -OCH3 is 1. The van der Waals surface area contributed by atoms with Crippen molar-refractivity contribution in [3.8, 4) is 17.2 Å². The fourth-order valence-corrected chi connectivity index (χ4v) is 2.21. The molecular weight excluding hydrogens is 346 g/mol. The normalized spacial score (nSPS) is 10.9. The Bertz CT molecular complexity index is 674. The van der Waals surface area contributed by atoms with E-state index in [-0.39, 0.29) is 11.5 Å². The average Bonchev–Trinajstić information content (AvgIpc) is 2.42. The summed E-state index contributed by atoms with van der Waals surface area (Å²) in [6.07, 6.45) is 1.42. The Morgan fingerprint density at radius 2 is 2.00 bits per heavy atom. The molecule has 0 aromatic heterocycles. The summed E-state index contributed by atoms with van der Waals surface area (Å²) >= 11 is 9.16. The van der Waals surface area contributed by atoms with Crippen LogP contribution in [0.15, 0.2) is 39.8 Å². The smallest absolute Gasteiger partial charge is 0.166 e. The summed E-state index contributed by atoms with van der Waals surface area (Å²) < 4.78 is 5.79. The highest BCUT2D eigenvalue weighted by atomic mass is 79.9. The zero-order valence-electron chi connectivity index (χ0n) is 10.5. The number of aliphatic imine (C=N–C) groups is 1. The van der Waals surface area contributed by atoms with E-state index in [1.165, 1.54) is 25.5 Å². The lowest BCUT2D eigenvalue weighted by atomic mass is 10.2. The van der Waals surface area contributed by atoms with Gasteiger partial charge in [-0.15, -0.1) is 0 Å². The third-order valence-corrected chi connectivity index (χ3v) is 3.26. The van der Waals surface area contributed by atoms with Gasteiger partial charge in [0.2, 0.25) is 0 Å². The quantitative estimate of drug-likeness (QED) is 0.807. The molecule has 2 aromatic carbocycles. The Labute approximate surface area is 129 Å². The molecule has 0 fully saturated rings. The van der Waals surface area contributed by atoms with Gasteiger partial charge >= 0.3 is 0 Å². The van der Waals surface area contributed by atoms with Crippen LogP contribution in [0.3, 0.4) is 0 Å². The molecule has 0 heterocycles. The minimum absolute atomic E-state index is 0.00658. The van der Waals surface area contributed by atoms with E-state index in [4.69, 9.17) is 16.3 Å². The van der Waals surface area contributed by atoms with E-state index < -0.39 is 0 Å². The Hall–Kier alpha value is -1.72. The summed E-state index contributed by atoms with van der Waals surface area (Å²) in [6, 6.07) is 7.87. The van der Waals surface area contributed by atoms with E-state index in [9.17, 15) is 10.2 Å². The minimum atomic E-state index is -0.0269. The van der Waals surface area contributed by atoms with E-state index in [2.05, 4.69) is 20.9 Å². The van der Waals surface area contributed by atoms with E-state index in [1.54, 1.807) is 18.2 Å². The molecule has 0 saturated heterocycles. The van der Waals surface area contributed by atoms with Crippen LogP contribution in [0.2, 0.25) is 5.02 Å². The highest BCUT2D eigenvalue weighted by Crippen LogP contribution is 2.34. The summed E-state index contributed by atoms with van der Waals surface area (Å²) in [5.74, 6) is 0.309. The van der Waals surface area contributed by atoms with Gasteiger partial charge in [-0.05, 0) is 30.3 Å². The number of phenolic OH excluding ortho intramolecular Hbond substituents is 2. The highest BCUT2D eigenvalue weighted by molar-refractivity contribution is 9.10. The lowest BCUT2D eigenvalue weighted by Gasteiger charge is -2.07. The van der Waals surface area contributed by atoms with Gasteiger partial charge in [0.15, 0.2) is 11.5 Å². The van der Waals surface area contributed by atoms with Gasteiger partial charge in [0.1, 0.15) is 11.4 Å². The fourth-order valence-electron chi connectivity index (χ4n) is 1.59. The largest absolute Gasteiger partial charge is 0.506 e. The third-order valence-electron chi connectivity index (χ3n) is 2.57. The van der Waals surface area contributed by atoms with Crippen molar-refractivity contribution in [3.63, 3.8) is 0 Å². The van der Waals surface area contributed by atoms with Crippen molar-refractivity contribution >= 4 is 39.4 Å². The Morgan fingerprint density at radius 1 is 1.25 bits per heavy atom. The molecule has 0 atom stereocenters. The van der Waals surface area contributed by atoms with Gasteiger partial charge in [-0.25, -0.2) is 0 Å². The van der Waals surface area contributed by atoms with Crippen LogP contribution in [0, 0.1) is 0 Å². The van der Waals surface area contributed by atoms with Gasteiger partial charge < -0.3 is 14.9 Å². The van der Waals surface area contributed by atoms with Gasteiger partial charge in [0, 0.05) is 21.3 Å². The molecule has 0 spiro atoms.